The number of carbonyl (C=O) groups excluding carboxylic acids is 2. The molecule has 0 saturated carbocycles. The molecule has 0 spiro atoms. The molecule has 0 aliphatic rings. The van der Waals surface area contributed by atoms with Gasteiger partial charge in [0.25, 0.3) is 0 Å². The Bertz CT molecular complexity index is 763. The number of hydrogen-bond acceptors (Lipinski definition) is 4. The molecule has 32 heavy (non-hydrogen) atoms. The number of aliphatic imine (C=N–C) groups is 1. The highest BCUT2D eigenvalue weighted by molar-refractivity contribution is 5.97. The second-order valence-electron chi connectivity index (χ2n) is 8.07. The van der Waals surface area contributed by atoms with Crippen LogP contribution < -0.4 is 11.1 Å². The Morgan fingerprint density at radius 1 is 1.06 bits per heavy atom. The average Bonchev–Trinajstić information content (AvgIpc) is 2.65. The number of halogens is 3. The number of carbonyl (C=O) groups is 3. The number of nitrogens with zero attached hydrogens (tertiary/aromatic N) is 1. The SMILES string of the molecule is CC(C)CCC(=O)[C@@H](Cc1ccccc1)N=C(N)NC(=O)CC(C)C.O=C(O)C(F)(F)F. The van der Waals surface area contributed by atoms with E-state index in [1.165, 1.54) is 0 Å². The van der Waals surface area contributed by atoms with E-state index in [1.54, 1.807) is 0 Å². The molecular formula is C22H32F3N3O4. The highest BCUT2D eigenvalue weighted by Gasteiger charge is 2.38. The van der Waals surface area contributed by atoms with E-state index >= 15 is 0 Å². The summed E-state index contributed by atoms with van der Waals surface area (Å²) in [7, 11) is 0. The van der Waals surface area contributed by atoms with Crippen molar-refractivity contribution in [3.8, 4) is 0 Å². The lowest BCUT2D eigenvalue weighted by molar-refractivity contribution is -0.192. The molecule has 1 aromatic carbocycles. The summed E-state index contributed by atoms with van der Waals surface area (Å²) in [4.78, 5) is 37.6. The molecule has 1 aromatic rings. The maximum Gasteiger partial charge on any atom is 0.490 e. The van der Waals surface area contributed by atoms with Gasteiger partial charge in [0.15, 0.2) is 11.7 Å². The van der Waals surface area contributed by atoms with E-state index in [2.05, 4.69) is 24.2 Å². The summed E-state index contributed by atoms with van der Waals surface area (Å²) in [5.74, 6) is -2.17. The van der Waals surface area contributed by atoms with Crippen LogP contribution in [0.1, 0.15) is 52.5 Å². The van der Waals surface area contributed by atoms with Gasteiger partial charge in [-0.05, 0) is 23.8 Å². The smallest absolute Gasteiger partial charge is 0.475 e. The maximum atomic E-state index is 12.6. The first-order chi connectivity index (χ1) is 14.7. The predicted octanol–water partition coefficient (Wildman–Crippen LogP) is 3.71. The molecule has 0 unspecified atom stereocenters. The first-order valence-electron chi connectivity index (χ1n) is 10.2. The zero-order valence-corrected chi connectivity index (χ0v) is 18.8. The number of nitrogens with two attached hydrogens (primary N) is 1. The number of ketones is 1. The number of hydrogen-bond donors (Lipinski definition) is 3. The second kappa shape index (κ2) is 14.2. The van der Waals surface area contributed by atoms with Gasteiger partial charge in [0.05, 0.1) is 0 Å². The topological polar surface area (TPSA) is 122 Å². The Labute approximate surface area is 186 Å². The Balaban J connectivity index is 0.00000118. The number of carboxylic acids is 1. The third-order valence-corrected chi connectivity index (χ3v) is 4.01. The highest BCUT2D eigenvalue weighted by Crippen LogP contribution is 2.13. The molecular weight excluding hydrogens is 427 g/mol. The minimum Gasteiger partial charge on any atom is -0.475 e. The second-order valence-corrected chi connectivity index (χ2v) is 8.07. The molecule has 10 heteroatoms. The molecule has 0 aliphatic heterocycles. The molecule has 0 heterocycles. The average molecular weight is 460 g/mol. The molecule has 1 rings (SSSR count). The summed E-state index contributed by atoms with van der Waals surface area (Å²) < 4.78 is 31.7. The van der Waals surface area contributed by atoms with E-state index in [4.69, 9.17) is 15.6 Å². The zero-order valence-electron chi connectivity index (χ0n) is 18.8. The summed E-state index contributed by atoms with van der Waals surface area (Å²) in [6.45, 7) is 8.09. The van der Waals surface area contributed by atoms with Crippen molar-refractivity contribution in [1.29, 1.82) is 0 Å². The van der Waals surface area contributed by atoms with Crippen LogP contribution in [0.2, 0.25) is 0 Å². The zero-order chi connectivity index (χ0) is 24.9. The van der Waals surface area contributed by atoms with Gasteiger partial charge in [-0.1, -0.05) is 58.0 Å². The number of Topliss-reactive ketones (excluding diaryl/α,β-unsaturated/α-hetero) is 1. The summed E-state index contributed by atoms with van der Waals surface area (Å²) in [5.41, 5.74) is 6.89. The molecule has 1 amide bonds. The van der Waals surface area contributed by atoms with Crippen molar-refractivity contribution in [2.75, 3.05) is 0 Å². The lowest BCUT2D eigenvalue weighted by atomic mass is 9.97. The minimum atomic E-state index is -5.08. The van der Waals surface area contributed by atoms with Crippen LogP contribution >= 0.6 is 0 Å². The fourth-order valence-corrected chi connectivity index (χ4v) is 2.43. The van der Waals surface area contributed by atoms with Crippen LogP contribution in [0, 0.1) is 11.8 Å². The Kier molecular flexibility index (Phi) is 12.9. The van der Waals surface area contributed by atoms with Gasteiger partial charge in [0.2, 0.25) is 5.91 Å². The number of aliphatic carboxylic acids is 1. The van der Waals surface area contributed by atoms with Gasteiger partial charge >= 0.3 is 12.1 Å². The van der Waals surface area contributed by atoms with E-state index in [0.29, 0.717) is 25.2 Å². The van der Waals surface area contributed by atoms with Gasteiger partial charge in [0, 0.05) is 19.3 Å². The van der Waals surface area contributed by atoms with Crippen molar-refractivity contribution < 1.29 is 32.7 Å². The standard InChI is InChI=1S/C20H31N3O2.C2HF3O2/c1-14(2)10-11-18(24)17(13-16-8-6-5-7-9-16)22-20(21)23-19(25)12-15(3)4;3-2(4,5)1(6)7/h5-9,14-15,17H,10-13H2,1-4H3,(H3,21,22,23,25);(H,6,7)/t17-;/m1./s1. The van der Waals surface area contributed by atoms with Gasteiger partial charge in [-0.25, -0.2) is 9.79 Å². The summed E-state index contributed by atoms with van der Waals surface area (Å²) in [6, 6.07) is 9.16. The molecule has 180 valence electrons. The number of carboxylic acid groups (broad SMARTS) is 1. The normalized spacial score (nSPS) is 12.7. The lowest BCUT2D eigenvalue weighted by Crippen LogP contribution is -2.39. The molecule has 0 aliphatic carbocycles. The van der Waals surface area contributed by atoms with E-state index in [-0.39, 0.29) is 23.6 Å². The highest BCUT2D eigenvalue weighted by atomic mass is 19.4. The van der Waals surface area contributed by atoms with Crippen molar-refractivity contribution in [3.63, 3.8) is 0 Å². The van der Waals surface area contributed by atoms with Gasteiger partial charge in [-0.15, -0.1) is 0 Å². The summed E-state index contributed by atoms with van der Waals surface area (Å²) in [5, 5.41) is 9.71. The van der Waals surface area contributed by atoms with Crippen LogP contribution in [0.25, 0.3) is 0 Å². The molecule has 1 atom stereocenters. The summed E-state index contributed by atoms with van der Waals surface area (Å²) in [6.07, 6.45) is -2.94. The molecule has 7 nitrogen and oxygen atoms in total. The molecule has 4 N–H and O–H groups in total. The number of alkyl halides is 3. The number of amides is 1. The van der Waals surface area contributed by atoms with Crippen molar-refractivity contribution in [1.82, 2.24) is 5.32 Å². The van der Waals surface area contributed by atoms with Crippen LogP contribution in [0.3, 0.4) is 0 Å². The van der Waals surface area contributed by atoms with Crippen LogP contribution in [0.4, 0.5) is 13.2 Å². The van der Waals surface area contributed by atoms with E-state index < -0.39 is 18.2 Å². The van der Waals surface area contributed by atoms with Crippen LogP contribution in [0.5, 0.6) is 0 Å². The van der Waals surface area contributed by atoms with E-state index in [1.807, 2.05) is 44.2 Å². The Morgan fingerprint density at radius 2 is 1.59 bits per heavy atom. The van der Waals surface area contributed by atoms with Crippen LogP contribution in [0.15, 0.2) is 35.3 Å². The van der Waals surface area contributed by atoms with Gasteiger partial charge in [-0.3, -0.25) is 14.9 Å². The Hall–Kier alpha value is -2.91. The van der Waals surface area contributed by atoms with E-state index in [9.17, 15) is 22.8 Å². The van der Waals surface area contributed by atoms with Crippen molar-refractivity contribution in [3.05, 3.63) is 35.9 Å². The molecule has 0 radical (unpaired) electrons. The fraction of sp³-hybridized carbons (Fsp3) is 0.545. The van der Waals surface area contributed by atoms with Gasteiger partial charge < -0.3 is 10.8 Å². The van der Waals surface area contributed by atoms with Crippen LogP contribution in [-0.2, 0) is 20.8 Å². The lowest BCUT2D eigenvalue weighted by Gasteiger charge is -2.14. The number of rotatable bonds is 9. The monoisotopic (exact) mass is 459 g/mol. The maximum absolute atomic E-state index is 12.6. The number of guanidine groups is 1. The summed E-state index contributed by atoms with van der Waals surface area (Å²) >= 11 is 0. The quantitative estimate of drug-likeness (QED) is 0.384. The molecule has 0 bridgehead atoms. The molecule has 0 fully saturated rings. The van der Waals surface area contributed by atoms with Gasteiger partial charge in [-0.2, -0.15) is 13.2 Å². The van der Waals surface area contributed by atoms with Crippen molar-refractivity contribution in [2.45, 2.75) is 65.6 Å². The third kappa shape index (κ3) is 14.2. The number of nitrogens with one attached hydrogen (secondary N) is 1. The van der Waals surface area contributed by atoms with Crippen molar-refractivity contribution >= 4 is 23.6 Å². The molecule has 0 saturated heterocycles. The number of benzene rings is 1. The predicted molar refractivity (Wildman–Crippen MR) is 116 cm³/mol. The molecule has 0 aromatic heterocycles. The fourth-order valence-electron chi connectivity index (χ4n) is 2.43. The van der Waals surface area contributed by atoms with E-state index in [0.717, 1.165) is 12.0 Å². The largest absolute Gasteiger partial charge is 0.490 e. The van der Waals surface area contributed by atoms with Gasteiger partial charge in [0.1, 0.15) is 6.04 Å². The third-order valence-electron chi connectivity index (χ3n) is 4.01. The first kappa shape index (κ1) is 29.1. The Morgan fingerprint density at radius 3 is 2.03 bits per heavy atom. The minimum absolute atomic E-state index is 0.0180. The van der Waals surface area contributed by atoms with Crippen LogP contribution in [-0.4, -0.2) is 40.9 Å². The van der Waals surface area contributed by atoms with Crippen molar-refractivity contribution in [2.24, 2.45) is 22.6 Å². The first-order valence-corrected chi connectivity index (χ1v) is 10.2.